The van der Waals surface area contributed by atoms with Crippen LogP contribution >= 0.6 is 0 Å². The summed E-state index contributed by atoms with van der Waals surface area (Å²) < 4.78 is 37.6. The van der Waals surface area contributed by atoms with Gasteiger partial charge < -0.3 is 9.47 Å². The van der Waals surface area contributed by atoms with E-state index in [1.165, 1.54) is 24.4 Å². The molecule has 1 aliphatic rings. The highest BCUT2D eigenvalue weighted by Crippen LogP contribution is 2.37. The third kappa shape index (κ3) is 3.24. The van der Waals surface area contributed by atoms with Gasteiger partial charge in [-0.1, -0.05) is 18.2 Å². The van der Waals surface area contributed by atoms with Crippen LogP contribution in [0.1, 0.15) is 30.3 Å². The van der Waals surface area contributed by atoms with E-state index in [0.29, 0.717) is 18.8 Å². The Morgan fingerprint density at radius 2 is 1.96 bits per heavy atom. The van der Waals surface area contributed by atoms with Crippen LogP contribution in [-0.4, -0.2) is 23.1 Å². The number of nitro benzene ring substituents is 1. The van der Waals surface area contributed by atoms with E-state index in [0.717, 1.165) is 12.5 Å². The fourth-order valence-corrected chi connectivity index (χ4v) is 2.55. The van der Waals surface area contributed by atoms with Crippen LogP contribution in [-0.2, 0) is 9.47 Å². The summed E-state index contributed by atoms with van der Waals surface area (Å²) in [7, 11) is 0. The lowest BCUT2D eigenvalue weighted by Gasteiger charge is -2.23. The van der Waals surface area contributed by atoms with Crippen LogP contribution in [0.5, 0.6) is 0 Å². The molecule has 0 aliphatic carbocycles. The molecule has 24 heavy (non-hydrogen) atoms. The van der Waals surface area contributed by atoms with Crippen LogP contribution in [0.15, 0.2) is 36.5 Å². The van der Waals surface area contributed by atoms with Gasteiger partial charge in [-0.25, -0.2) is 8.78 Å². The van der Waals surface area contributed by atoms with E-state index < -0.39 is 28.9 Å². The van der Waals surface area contributed by atoms with Crippen molar-refractivity contribution in [3.05, 3.63) is 57.8 Å². The molecule has 6 nitrogen and oxygen atoms in total. The average molecular weight is 336 g/mol. The Balaban J connectivity index is 1.97. The van der Waals surface area contributed by atoms with Gasteiger partial charge in [-0.05, 0) is 12.5 Å². The highest BCUT2D eigenvalue weighted by molar-refractivity contribution is 5.69. The molecule has 1 aromatic heterocycles. The van der Waals surface area contributed by atoms with Crippen LogP contribution in [0.25, 0.3) is 11.3 Å². The Labute approximate surface area is 136 Å². The van der Waals surface area contributed by atoms with E-state index in [9.17, 15) is 18.9 Å². The molecule has 2 aromatic rings. The SMILES string of the molecule is O=[N+]([O-])c1cccc(-c2ccc(C3OCCCO3)cn2)c1C(F)F. The number of ether oxygens (including phenoxy) is 2. The van der Waals surface area contributed by atoms with Crippen molar-refractivity contribution >= 4 is 5.69 Å². The van der Waals surface area contributed by atoms with E-state index in [2.05, 4.69) is 4.98 Å². The molecule has 3 rings (SSSR count). The highest BCUT2D eigenvalue weighted by atomic mass is 19.3. The number of nitrogens with zero attached hydrogens (tertiary/aromatic N) is 2. The number of rotatable bonds is 4. The molecule has 2 heterocycles. The van der Waals surface area contributed by atoms with Crippen molar-refractivity contribution in [2.24, 2.45) is 0 Å². The lowest BCUT2D eigenvalue weighted by atomic mass is 10.0. The first-order valence-electron chi connectivity index (χ1n) is 7.33. The molecular formula is C16H14F2N2O4. The van der Waals surface area contributed by atoms with Crippen LogP contribution in [0.4, 0.5) is 14.5 Å². The Morgan fingerprint density at radius 3 is 2.54 bits per heavy atom. The first-order valence-corrected chi connectivity index (χ1v) is 7.33. The van der Waals surface area contributed by atoms with Crippen molar-refractivity contribution in [2.45, 2.75) is 19.1 Å². The van der Waals surface area contributed by atoms with E-state index in [1.54, 1.807) is 6.07 Å². The molecule has 0 spiro atoms. The van der Waals surface area contributed by atoms with Gasteiger partial charge >= 0.3 is 0 Å². The molecule has 0 amide bonds. The number of aromatic nitrogens is 1. The maximum atomic E-state index is 13.3. The predicted octanol–water partition coefficient (Wildman–Crippen LogP) is 4.03. The molecule has 0 bridgehead atoms. The number of halogens is 2. The highest BCUT2D eigenvalue weighted by Gasteiger charge is 2.26. The predicted molar refractivity (Wildman–Crippen MR) is 80.5 cm³/mol. The summed E-state index contributed by atoms with van der Waals surface area (Å²) in [6.45, 7) is 1.15. The molecule has 0 radical (unpaired) electrons. The van der Waals surface area contributed by atoms with E-state index in [-0.39, 0.29) is 11.3 Å². The molecule has 1 saturated heterocycles. The summed E-state index contributed by atoms with van der Waals surface area (Å²) in [5.74, 6) is 0. The number of alkyl halides is 2. The van der Waals surface area contributed by atoms with Gasteiger partial charge in [-0.2, -0.15) is 0 Å². The summed E-state index contributed by atoms with van der Waals surface area (Å²) >= 11 is 0. The van der Waals surface area contributed by atoms with Gasteiger partial charge in [0.25, 0.3) is 12.1 Å². The van der Waals surface area contributed by atoms with E-state index >= 15 is 0 Å². The average Bonchev–Trinajstić information content (AvgIpc) is 2.62. The van der Waals surface area contributed by atoms with Crippen molar-refractivity contribution in [3.8, 4) is 11.3 Å². The normalized spacial score (nSPS) is 15.6. The third-order valence-corrected chi connectivity index (χ3v) is 3.66. The summed E-state index contributed by atoms with van der Waals surface area (Å²) in [5.41, 5.74) is -0.312. The Bertz CT molecular complexity index is 731. The largest absolute Gasteiger partial charge is 0.348 e. The zero-order valence-corrected chi connectivity index (χ0v) is 12.5. The van der Waals surface area contributed by atoms with Gasteiger partial charge in [-0.3, -0.25) is 15.1 Å². The molecule has 1 aromatic carbocycles. The molecule has 0 atom stereocenters. The lowest BCUT2D eigenvalue weighted by Crippen LogP contribution is -2.17. The zero-order valence-electron chi connectivity index (χ0n) is 12.5. The number of benzene rings is 1. The number of nitro groups is 1. The van der Waals surface area contributed by atoms with Crippen molar-refractivity contribution < 1.29 is 23.2 Å². The molecule has 1 fully saturated rings. The number of hydrogen-bond donors (Lipinski definition) is 0. The second kappa shape index (κ2) is 6.98. The Kier molecular flexibility index (Phi) is 4.77. The van der Waals surface area contributed by atoms with Gasteiger partial charge in [0.05, 0.1) is 23.8 Å². The second-order valence-electron chi connectivity index (χ2n) is 5.20. The lowest BCUT2D eigenvalue weighted by molar-refractivity contribution is -0.386. The van der Waals surface area contributed by atoms with Crippen molar-refractivity contribution in [2.75, 3.05) is 13.2 Å². The monoisotopic (exact) mass is 336 g/mol. The number of hydrogen-bond acceptors (Lipinski definition) is 5. The molecule has 0 saturated carbocycles. The van der Waals surface area contributed by atoms with Crippen molar-refractivity contribution in [3.63, 3.8) is 0 Å². The molecule has 126 valence electrons. The van der Waals surface area contributed by atoms with Crippen molar-refractivity contribution in [1.82, 2.24) is 4.98 Å². The topological polar surface area (TPSA) is 74.5 Å². The minimum atomic E-state index is -2.98. The number of pyridine rings is 1. The summed E-state index contributed by atoms with van der Waals surface area (Å²) in [6, 6.07) is 7.00. The fraction of sp³-hybridized carbons (Fsp3) is 0.312. The summed E-state index contributed by atoms with van der Waals surface area (Å²) in [6.07, 6.45) is -1.22. The van der Waals surface area contributed by atoms with Gasteiger partial charge in [0.15, 0.2) is 6.29 Å². The summed E-state index contributed by atoms with van der Waals surface area (Å²) in [4.78, 5) is 14.3. The van der Waals surface area contributed by atoms with Gasteiger partial charge in [0.2, 0.25) is 0 Å². The molecular weight excluding hydrogens is 322 g/mol. The molecule has 0 N–H and O–H groups in total. The van der Waals surface area contributed by atoms with Crippen LogP contribution < -0.4 is 0 Å². The smallest absolute Gasteiger partial charge is 0.278 e. The maximum Gasteiger partial charge on any atom is 0.278 e. The second-order valence-corrected chi connectivity index (χ2v) is 5.20. The van der Waals surface area contributed by atoms with Crippen molar-refractivity contribution in [1.29, 1.82) is 0 Å². The third-order valence-electron chi connectivity index (χ3n) is 3.66. The minimum Gasteiger partial charge on any atom is -0.348 e. The molecule has 8 heteroatoms. The van der Waals surface area contributed by atoms with Gasteiger partial charge in [-0.15, -0.1) is 0 Å². The Hall–Kier alpha value is -2.45. The quantitative estimate of drug-likeness (QED) is 0.622. The summed E-state index contributed by atoms with van der Waals surface area (Å²) in [5, 5.41) is 11.0. The molecule has 1 aliphatic heterocycles. The standard InChI is InChI=1S/C16H14F2N2O4/c17-15(18)14-11(3-1-4-13(14)20(21)22)12-6-5-10(9-19-12)16-23-7-2-8-24-16/h1,3-6,9,15-16H,2,7-8H2. The van der Waals surface area contributed by atoms with Crippen LogP contribution in [0, 0.1) is 10.1 Å². The Morgan fingerprint density at radius 1 is 1.21 bits per heavy atom. The first-order chi connectivity index (χ1) is 11.6. The first kappa shape index (κ1) is 16.4. The van der Waals surface area contributed by atoms with Gasteiger partial charge in [0, 0.05) is 23.4 Å². The van der Waals surface area contributed by atoms with E-state index in [4.69, 9.17) is 9.47 Å². The zero-order chi connectivity index (χ0) is 17.1. The van der Waals surface area contributed by atoms with Gasteiger partial charge in [0.1, 0.15) is 5.56 Å². The fourth-order valence-electron chi connectivity index (χ4n) is 2.55. The van der Waals surface area contributed by atoms with E-state index in [1.807, 2.05) is 0 Å². The van der Waals surface area contributed by atoms with Crippen LogP contribution in [0.3, 0.4) is 0 Å². The minimum absolute atomic E-state index is 0.0382. The molecule has 0 unspecified atom stereocenters. The maximum absolute atomic E-state index is 13.3. The van der Waals surface area contributed by atoms with Crippen LogP contribution in [0.2, 0.25) is 0 Å².